The fraction of sp³-hybridized carbons (Fsp3) is 0.368. The van der Waals surface area contributed by atoms with E-state index in [1.54, 1.807) is 0 Å². The van der Waals surface area contributed by atoms with Gasteiger partial charge in [-0.3, -0.25) is 0 Å². The molecule has 1 aliphatic heterocycles. The second kappa shape index (κ2) is 5.84. The lowest BCUT2D eigenvalue weighted by molar-refractivity contribution is -0.345. The van der Waals surface area contributed by atoms with Crippen molar-refractivity contribution < 1.29 is 14.6 Å². The Balaban J connectivity index is 2.01. The summed E-state index contributed by atoms with van der Waals surface area (Å²) in [4.78, 5) is 0. The second-order valence-electron chi connectivity index (χ2n) is 6.59. The maximum atomic E-state index is 11.0. The van der Waals surface area contributed by atoms with Gasteiger partial charge in [0.25, 0.3) is 0 Å². The number of ether oxygens (including phenoxy) is 2. The summed E-state index contributed by atoms with van der Waals surface area (Å²) < 4.78 is 12.2. The molecule has 1 heterocycles. The molecule has 2 aromatic carbocycles. The zero-order chi connectivity index (χ0) is 15.6. The van der Waals surface area contributed by atoms with E-state index in [1.165, 1.54) is 0 Å². The molecule has 0 amide bonds. The van der Waals surface area contributed by atoms with Crippen molar-refractivity contribution in [2.45, 2.75) is 25.7 Å². The summed E-state index contributed by atoms with van der Waals surface area (Å²) in [5, 5.41) is 11.0. The standard InChI is InChI=1S/C19H22O3/c1-18(2)13-21-19(22-14-18,16-11-7-4-8-12-16)17(20)15-9-5-3-6-10-15/h3-12,17,20H,13-14H2,1-2H3. The minimum atomic E-state index is -1.15. The van der Waals surface area contributed by atoms with Gasteiger partial charge in [0.05, 0.1) is 13.2 Å². The van der Waals surface area contributed by atoms with Gasteiger partial charge >= 0.3 is 0 Å². The number of aliphatic hydroxyl groups excluding tert-OH is 1. The molecule has 1 fully saturated rings. The van der Waals surface area contributed by atoms with E-state index in [2.05, 4.69) is 13.8 Å². The fourth-order valence-electron chi connectivity index (χ4n) is 2.70. The SMILES string of the molecule is CC1(C)COC(c2ccccc2)(C(O)c2ccccc2)OC1. The molecule has 3 heteroatoms. The monoisotopic (exact) mass is 298 g/mol. The van der Waals surface area contributed by atoms with Crippen LogP contribution in [0.2, 0.25) is 0 Å². The quantitative estimate of drug-likeness (QED) is 0.940. The van der Waals surface area contributed by atoms with Crippen LogP contribution in [0.15, 0.2) is 60.7 Å². The largest absolute Gasteiger partial charge is 0.382 e. The van der Waals surface area contributed by atoms with Gasteiger partial charge in [-0.15, -0.1) is 0 Å². The molecule has 2 aromatic rings. The summed E-state index contributed by atoms with van der Waals surface area (Å²) in [5.41, 5.74) is 1.56. The van der Waals surface area contributed by atoms with E-state index in [0.29, 0.717) is 13.2 Å². The van der Waals surface area contributed by atoms with Gasteiger partial charge in [-0.05, 0) is 5.56 Å². The van der Waals surface area contributed by atoms with Gasteiger partial charge in [-0.1, -0.05) is 74.5 Å². The summed E-state index contributed by atoms with van der Waals surface area (Å²) in [7, 11) is 0. The summed E-state index contributed by atoms with van der Waals surface area (Å²) in [6.45, 7) is 5.26. The summed E-state index contributed by atoms with van der Waals surface area (Å²) in [5.74, 6) is -1.15. The maximum Gasteiger partial charge on any atom is 0.226 e. The molecule has 0 saturated carbocycles. The lowest BCUT2D eigenvalue weighted by Crippen LogP contribution is -2.49. The predicted octanol–water partition coefficient (Wildman–Crippen LogP) is 3.65. The molecule has 116 valence electrons. The summed E-state index contributed by atoms with van der Waals surface area (Å²) in [6, 6.07) is 19.2. The van der Waals surface area contributed by atoms with Gasteiger partial charge in [0.1, 0.15) is 6.10 Å². The van der Waals surface area contributed by atoms with Gasteiger partial charge in [-0.2, -0.15) is 0 Å². The molecule has 0 aromatic heterocycles. The molecule has 1 saturated heterocycles. The minimum Gasteiger partial charge on any atom is -0.382 e. The second-order valence-corrected chi connectivity index (χ2v) is 6.59. The van der Waals surface area contributed by atoms with Crippen molar-refractivity contribution in [1.82, 2.24) is 0 Å². The van der Waals surface area contributed by atoms with Crippen molar-refractivity contribution in [2.75, 3.05) is 13.2 Å². The molecule has 1 aliphatic rings. The fourth-order valence-corrected chi connectivity index (χ4v) is 2.70. The first-order valence-corrected chi connectivity index (χ1v) is 7.60. The van der Waals surface area contributed by atoms with Crippen LogP contribution in [-0.4, -0.2) is 18.3 Å². The van der Waals surface area contributed by atoms with Crippen LogP contribution in [-0.2, 0) is 15.3 Å². The highest BCUT2D eigenvalue weighted by Crippen LogP contribution is 2.44. The minimum absolute atomic E-state index is 0.0608. The molecule has 3 nitrogen and oxygen atoms in total. The van der Waals surface area contributed by atoms with E-state index in [0.717, 1.165) is 11.1 Å². The molecular weight excluding hydrogens is 276 g/mol. The Morgan fingerprint density at radius 2 is 1.36 bits per heavy atom. The van der Waals surface area contributed by atoms with Gasteiger partial charge in [0.2, 0.25) is 5.79 Å². The third-order valence-corrected chi connectivity index (χ3v) is 4.01. The smallest absolute Gasteiger partial charge is 0.226 e. The topological polar surface area (TPSA) is 38.7 Å². The number of hydrogen-bond donors (Lipinski definition) is 1. The first-order valence-electron chi connectivity index (χ1n) is 7.60. The van der Waals surface area contributed by atoms with Gasteiger partial charge < -0.3 is 14.6 Å². The van der Waals surface area contributed by atoms with Gasteiger partial charge in [0.15, 0.2) is 0 Å². The van der Waals surface area contributed by atoms with Crippen LogP contribution in [0.1, 0.15) is 31.1 Å². The van der Waals surface area contributed by atoms with Crippen molar-refractivity contribution in [3.8, 4) is 0 Å². The van der Waals surface area contributed by atoms with E-state index in [-0.39, 0.29) is 5.41 Å². The van der Waals surface area contributed by atoms with Gasteiger partial charge in [0, 0.05) is 11.0 Å². The Morgan fingerprint density at radius 1 is 0.864 bits per heavy atom. The third kappa shape index (κ3) is 2.80. The molecule has 0 aliphatic carbocycles. The maximum absolute atomic E-state index is 11.0. The Bertz CT molecular complexity index is 597. The third-order valence-electron chi connectivity index (χ3n) is 4.01. The van der Waals surface area contributed by atoms with Crippen LogP contribution in [0.3, 0.4) is 0 Å². The molecule has 1 atom stereocenters. The molecule has 0 spiro atoms. The Hall–Kier alpha value is -1.68. The molecule has 22 heavy (non-hydrogen) atoms. The van der Waals surface area contributed by atoms with Crippen LogP contribution < -0.4 is 0 Å². The molecule has 1 N–H and O–H groups in total. The van der Waals surface area contributed by atoms with Crippen LogP contribution in [0.4, 0.5) is 0 Å². The molecule has 0 bridgehead atoms. The zero-order valence-corrected chi connectivity index (χ0v) is 13.0. The Kier molecular flexibility index (Phi) is 4.04. The van der Waals surface area contributed by atoms with E-state index < -0.39 is 11.9 Å². The Morgan fingerprint density at radius 3 is 1.91 bits per heavy atom. The van der Waals surface area contributed by atoms with E-state index >= 15 is 0 Å². The molecule has 0 radical (unpaired) electrons. The first kappa shape index (κ1) is 15.2. The molecular formula is C19H22O3. The van der Waals surface area contributed by atoms with E-state index in [4.69, 9.17) is 9.47 Å². The average Bonchev–Trinajstić information content (AvgIpc) is 2.56. The van der Waals surface area contributed by atoms with Crippen LogP contribution in [0.5, 0.6) is 0 Å². The van der Waals surface area contributed by atoms with Crippen molar-refractivity contribution in [3.63, 3.8) is 0 Å². The number of benzene rings is 2. The van der Waals surface area contributed by atoms with Crippen molar-refractivity contribution in [1.29, 1.82) is 0 Å². The zero-order valence-electron chi connectivity index (χ0n) is 13.0. The molecule has 3 rings (SSSR count). The number of hydrogen-bond acceptors (Lipinski definition) is 3. The first-order chi connectivity index (χ1) is 10.5. The lowest BCUT2D eigenvalue weighted by Gasteiger charge is -2.46. The Labute approximate surface area is 131 Å². The highest BCUT2D eigenvalue weighted by molar-refractivity contribution is 5.28. The van der Waals surface area contributed by atoms with E-state index in [9.17, 15) is 5.11 Å². The van der Waals surface area contributed by atoms with Crippen molar-refractivity contribution in [2.24, 2.45) is 5.41 Å². The van der Waals surface area contributed by atoms with Crippen LogP contribution in [0.25, 0.3) is 0 Å². The van der Waals surface area contributed by atoms with Crippen molar-refractivity contribution in [3.05, 3.63) is 71.8 Å². The molecule has 1 unspecified atom stereocenters. The highest BCUT2D eigenvalue weighted by Gasteiger charge is 2.48. The van der Waals surface area contributed by atoms with Crippen LogP contribution in [0, 0.1) is 5.41 Å². The summed E-state index contributed by atoms with van der Waals surface area (Å²) >= 11 is 0. The normalized spacial score (nSPS) is 21.2. The van der Waals surface area contributed by atoms with E-state index in [1.807, 2.05) is 60.7 Å². The lowest BCUT2D eigenvalue weighted by atomic mass is 9.89. The average molecular weight is 298 g/mol. The van der Waals surface area contributed by atoms with Gasteiger partial charge in [-0.25, -0.2) is 0 Å². The van der Waals surface area contributed by atoms with Crippen molar-refractivity contribution >= 4 is 0 Å². The summed E-state index contributed by atoms with van der Waals surface area (Å²) in [6.07, 6.45) is -0.882. The number of rotatable bonds is 3. The number of aliphatic hydroxyl groups is 1. The predicted molar refractivity (Wildman–Crippen MR) is 85.2 cm³/mol. The highest BCUT2D eigenvalue weighted by atomic mass is 16.7. The van der Waals surface area contributed by atoms with Crippen LogP contribution >= 0.6 is 0 Å².